The molecule has 2 atom stereocenters. The smallest absolute Gasteiger partial charge is 0.408 e. The van der Waals surface area contributed by atoms with E-state index >= 15 is 0 Å². The van der Waals surface area contributed by atoms with E-state index in [1.165, 1.54) is 0 Å². The van der Waals surface area contributed by atoms with E-state index in [0.717, 1.165) is 0 Å². The highest BCUT2D eigenvalue weighted by Crippen LogP contribution is 2.28. The summed E-state index contributed by atoms with van der Waals surface area (Å²) in [5.74, 6) is -4.06. The van der Waals surface area contributed by atoms with Crippen LogP contribution in [-0.4, -0.2) is 41.7 Å². The molecular formula is C10H13F3N2O4. The minimum Gasteiger partial charge on any atom is -0.481 e. The average Bonchev–Trinajstić information content (AvgIpc) is 2.26. The largest absolute Gasteiger partial charge is 0.481 e. The van der Waals surface area contributed by atoms with Gasteiger partial charge in [0.05, 0.1) is 6.42 Å². The summed E-state index contributed by atoms with van der Waals surface area (Å²) in [4.78, 5) is 33.1. The molecule has 2 amide bonds. The van der Waals surface area contributed by atoms with Gasteiger partial charge in [0.25, 0.3) is 0 Å². The van der Waals surface area contributed by atoms with Gasteiger partial charge in [0.1, 0.15) is 12.0 Å². The van der Waals surface area contributed by atoms with Crippen molar-refractivity contribution in [3.05, 3.63) is 0 Å². The van der Waals surface area contributed by atoms with Crippen LogP contribution in [0.4, 0.5) is 13.2 Å². The first-order chi connectivity index (χ1) is 8.71. The zero-order valence-electron chi connectivity index (χ0n) is 9.79. The molecule has 108 valence electrons. The molecule has 0 saturated carbocycles. The molecule has 1 rings (SSSR count). The van der Waals surface area contributed by atoms with E-state index < -0.39 is 35.9 Å². The number of carbonyl (C=O) groups excluding carboxylic acids is 2. The highest BCUT2D eigenvalue weighted by Gasteiger charge is 2.45. The summed E-state index contributed by atoms with van der Waals surface area (Å²) in [5, 5.41) is 12.3. The molecule has 0 unspecified atom stereocenters. The lowest BCUT2D eigenvalue weighted by molar-refractivity contribution is -0.171. The standard InChI is InChI=1S/C10H13F3N2O4/c11-10(12,13)6-2-1-5(9(19)15-6)8(18)14-4-3-7(16)17/h5-6H,1-4H2,(H,14,18)(H,15,19)(H,16,17)/t5-,6-/m1/s1. The van der Waals surface area contributed by atoms with E-state index in [1.807, 2.05) is 0 Å². The van der Waals surface area contributed by atoms with Gasteiger partial charge in [-0.1, -0.05) is 0 Å². The lowest BCUT2D eigenvalue weighted by Gasteiger charge is -2.29. The molecule has 3 N–H and O–H groups in total. The van der Waals surface area contributed by atoms with E-state index in [2.05, 4.69) is 5.32 Å². The number of carboxylic acids is 1. The molecule has 0 radical (unpaired) electrons. The van der Waals surface area contributed by atoms with Gasteiger partial charge in [-0.3, -0.25) is 14.4 Å². The predicted molar refractivity (Wildman–Crippen MR) is 56.0 cm³/mol. The van der Waals surface area contributed by atoms with E-state index in [-0.39, 0.29) is 25.8 Å². The maximum absolute atomic E-state index is 12.4. The Kier molecular flexibility index (Phi) is 4.73. The summed E-state index contributed by atoms with van der Waals surface area (Å²) in [5.41, 5.74) is 0. The highest BCUT2D eigenvalue weighted by molar-refractivity contribution is 6.00. The quantitative estimate of drug-likeness (QED) is 0.634. The zero-order chi connectivity index (χ0) is 14.6. The van der Waals surface area contributed by atoms with Crippen molar-refractivity contribution in [1.82, 2.24) is 10.6 Å². The van der Waals surface area contributed by atoms with Crippen molar-refractivity contribution in [2.75, 3.05) is 6.54 Å². The van der Waals surface area contributed by atoms with E-state index in [9.17, 15) is 27.6 Å². The first kappa shape index (κ1) is 15.3. The second kappa shape index (κ2) is 5.89. The number of alkyl halides is 3. The summed E-state index contributed by atoms with van der Waals surface area (Å²) in [7, 11) is 0. The van der Waals surface area contributed by atoms with Crippen LogP contribution in [0.2, 0.25) is 0 Å². The molecule has 0 aliphatic carbocycles. The Balaban J connectivity index is 2.47. The van der Waals surface area contributed by atoms with Crippen LogP contribution in [0.15, 0.2) is 0 Å². The van der Waals surface area contributed by atoms with Crippen molar-refractivity contribution in [3.63, 3.8) is 0 Å². The van der Waals surface area contributed by atoms with Gasteiger partial charge in [0.15, 0.2) is 0 Å². The van der Waals surface area contributed by atoms with Crippen molar-refractivity contribution in [3.8, 4) is 0 Å². The molecule has 1 heterocycles. The Morgan fingerprint density at radius 3 is 2.47 bits per heavy atom. The van der Waals surface area contributed by atoms with Gasteiger partial charge in [-0.05, 0) is 12.8 Å². The average molecular weight is 282 g/mol. The number of nitrogens with one attached hydrogen (secondary N) is 2. The third-order valence-electron chi connectivity index (χ3n) is 2.73. The van der Waals surface area contributed by atoms with Crippen molar-refractivity contribution in [2.24, 2.45) is 5.92 Å². The van der Waals surface area contributed by atoms with Crippen LogP contribution in [-0.2, 0) is 14.4 Å². The normalized spacial score (nSPS) is 23.6. The monoisotopic (exact) mass is 282 g/mol. The van der Waals surface area contributed by atoms with E-state index in [0.29, 0.717) is 0 Å². The fourth-order valence-corrected chi connectivity index (χ4v) is 1.72. The maximum Gasteiger partial charge on any atom is 0.408 e. The number of aliphatic carboxylic acids is 1. The molecule has 0 aromatic carbocycles. The van der Waals surface area contributed by atoms with Gasteiger partial charge in [0.2, 0.25) is 11.8 Å². The minimum atomic E-state index is -4.53. The Bertz CT molecular complexity index is 383. The molecule has 9 heteroatoms. The van der Waals surface area contributed by atoms with Crippen LogP contribution < -0.4 is 10.6 Å². The molecule has 0 bridgehead atoms. The van der Waals surface area contributed by atoms with Gasteiger partial charge in [-0.2, -0.15) is 13.2 Å². The number of hydrogen-bond acceptors (Lipinski definition) is 3. The molecular weight excluding hydrogens is 269 g/mol. The summed E-state index contributed by atoms with van der Waals surface area (Å²) < 4.78 is 37.1. The number of carboxylic acid groups (broad SMARTS) is 1. The third kappa shape index (κ3) is 4.42. The lowest BCUT2D eigenvalue weighted by atomic mass is 9.93. The Hall–Kier alpha value is -1.80. The second-order valence-electron chi connectivity index (χ2n) is 4.17. The van der Waals surface area contributed by atoms with Crippen LogP contribution in [0, 0.1) is 5.92 Å². The summed E-state index contributed by atoms with van der Waals surface area (Å²) in [6, 6.07) is -1.93. The van der Waals surface area contributed by atoms with Crippen LogP contribution in [0.5, 0.6) is 0 Å². The number of halogens is 3. The first-order valence-corrected chi connectivity index (χ1v) is 5.58. The maximum atomic E-state index is 12.4. The van der Waals surface area contributed by atoms with Gasteiger partial charge in [-0.15, -0.1) is 0 Å². The Labute approximate surface area is 106 Å². The van der Waals surface area contributed by atoms with Crippen molar-refractivity contribution >= 4 is 17.8 Å². The summed E-state index contributed by atoms with van der Waals surface area (Å²) in [6.07, 6.45) is -5.42. The van der Waals surface area contributed by atoms with Crippen molar-refractivity contribution in [2.45, 2.75) is 31.5 Å². The van der Waals surface area contributed by atoms with Crippen LogP contribution >= 0.6 is 0 Å². The Morgan fingerprint density at radius 2 is 2.00 bits per heavy atom. The minimum absolute atomic E-state index is 0.166. The number of amides is 2. The van der Waals surface area contributed by atoms with Crippen LogP contribution in [0.3, 0.4) is 0 Å². The van der Waals surface area contributed by atoms with E-state index in [4.69, 9.17) is 5.11 Å². The molecule has 1 fully saturated rings. The van der Waals surface area contributed by atoms with Gasteiger partial charge in [0, 0.05) is 6.54 Å². The van der Waals surface area contributed by atoms with E-state index in [1.54, 1.807) is 5.32 Å². The number of rotatable bonds is 4. The Morgan fingerprint density at radius 1 is 1.37 bits per heavy atom. The third-order valence-corrected chi connectivity index (χ3v) is 2.73. The lowest BCUT2D eigenvalue weighted by Crippen LogP contribution is -2.54. The summed E-state index contributed by atoms with van der Waals surface area (Å²) >= 11 is 0. The molecule has 0 aromatic rings. The molecule has 19 heavy (non-hydrogen) atoms. The van der Waals surface area contributed by atoms with Gasteiger partial charge in [-0.25, -0.2) is 0 Å². The molecule has 1 aliphatic rings. The first-order valence-electron chi connectivity index (χ1n) is 5.58. The van der Waals surface area contributed by atoms with Gasteiger partial charge >= 0.3 is 12.1 Å². The van der Waals surface area contributed by atoms with Crippen molar-refractivity contribution < 1.29 is 32.7 Å². The molecule has 1 saturated heterocycles. The number of hydrogen-bond donors (Lipinski definition) is 3. The second-order valence-corrected chi connectivity index (χ2v) is 4.17. The predicted octanol–water partition coefficient (Wildman–Crippen LogP) is 0.0344. The molecule has 1 aliphatic heterocycles. The topological polar surface area (TPSA) is 95.5 Å². The molecule has 6 nitrogen and oxygen atoms in total. The highest BCUT2D eigenvalue weighted by atomic mass is 19.4. The zero-order valence-corrected chi connectivity index (χ0v) is 9.79. The fraction of sp³-hybridized carbons (Fsp3) is 0.700. The number of carbonyl (C=O) groups is 3. The molecule has 0 aromatic heterocycles. The van der Waals surface area contributed by atoms with Crippen LogP contribution in [0.25, 0.3) is 0 Å². The SMILES string of the molecule is O=C(O)CCNC(=O)[C@H]1CC[C@H](C(F)(F)F)NC1=O. The van der Waals surface area contributed by atoms with Crippen molar-refractivity contribution in [1.29, 1.82) is 0 Å². The summed E-state index contributed by atoms with van der Waals surface area (Å²) in [6.45, 7) is -0.166. The van der Waals surface area contributed by atoms with Crippen LogP contribution in [0.1, 0.15) is 19.3 Å². The number of piperidine rings is 1. The van der Waals surface area contributed by atoms with Gasteiger partial charge < -0.3 is 15.7 Å². The molecule has 0 spiro atoms. The fourth-order valence-electron chi connectivity index (χ4n) is 1.72.